The Hall–Kier alpha value is -3.10. The summed E-state index contributed by atoms with van der Waals surface area (Å²) in [6.07, 6.45) is 0. The Bertz CT molecular complexity index is 1200. The van der Waals surface area contributed by atoms with Crippen LogP contribution in [-0.4, -0.2) is 29.3 Å². The van der Waals surface area contributed by atoms with Gasteiger partial charge >= 0.3 is 6.01 Å². The maximum atomic E-state index is 12.6. The third-order valence-electron chi connectivity index (χ3n) is 4.18. The summed E-state index contributed by atoms with van der Waals surface area (Å²) in [5, 5.41) is 11.7. The van der Waals surface area contributed by atoms with Crippen molar-refractivity contribution in [1.82, 2.24) is 10.2 Å². The number of aromatic nitrogens is 2. The molecule has 2 aromatic heterocycles. The Morgan fingerprint density at radius 2 is 1.89 bits per heavy atom. The smallest absolute Gasteiger partial charge is 0.322 e. The van der Waals surface area contributed by atoms with E-state index < -0.39 is 5.91 Å². The molecule has 1 aliphatic rings. The third kappa shape index (κ3) is 2.96. The van der Waals surface area contributed by atoms with Crippen LogP contribution >= 0.6 is 22.9 Å². The summed E-state index contributed by atoms with van der Waals surface area (Å²) >= 11 is 7.65. The van der Waals surface area contributed by atoms with Crippen molar-refractivity contribution in [3.63, 3.8) is 0 Å². The lowest BCUT2D eigenvalue weighted by Gasteiger charge is -2.18. The number of anilines is 1. The Balaban J connectivity index is 1.39. The van der Waals surface area contributed by atoms with Crippen molar-refractivity contribution >= 4 is 44.9 Å². The van der Waals surface area contributed by atoms with Gasteiger partial charge in [-0.25, -0.2) is 0 Å². The third-order valence-corrected chi connectivity index (χ3v) is 5.85. The maximum Gasteiger partial charge on any atom is 0.322 e. The second-order valence-electron chi connectivity index (χ2n) is 5.97. The molecule has 3 heterocycles. The summed E-state index contributed by atoms with van der Waals surface area (Å²) in [7, 11) is 0. The fourth-order valence-corrected chi connectivity index (χ4v) is 4.29. The van der Waals surface area contributed by atoms with Gasteiger partial charge in [0.2, 0.25) is 5.89 Å². The predicted molar refractivity (Wildman–Crippen MR) is 106 cm³/mol. The molecular weight excluding hydrogens is 402 g/mol. The van der Waals surface area contributed by atoms with Gasteiger partial charge in [0.15, 0.2) is 11.5 Å². The normalized spacial score (nSPS) is 12.9. The number of benzene rings is 2. The molecule has 28 heavy (non-hydrogen) atoms. The van der Waals surface area contributed by atoms with Crippen LogP contribution in [0.2, 0.25) is 5.02 Å². The highest BCUT2D eigenvalue weighted by molar-refractivity contribution is 7.21. The molecule has 0 saturated carbocycles. The zero-order valence-corrected chi connectivity index (χ0v) is 15.8. The van der Waals surface area contributed by atoms with Gasteiger partial charge in [-0.1, -0.05) is 34.9 Å². The number of carbonyl (C=O) groups excluding carboxylic acids is 1. The van der Waals surface area contributed by atoms with Crippen molar-refractivity contribution in [3.8, 4) is 23.0 Å². The van der Waals surface area contributed by atoms with E-state index in [0.717, 1.165) is 10.1 Å². The Kier molecular flexibility index (Phi) is 4.14. The summed E-state index contributed by atoms with van der Waals surface area (Å²) in [4.78, 5) is 13.0. The fraction of sp³-hybridized carbons (Fsp3) is 0.105. The minimum absolute atomic E-state index is 0.0107. The zero-order valence-electron chi connectivity index (χ0n) is 14.3. The first-order chi connectivity index (χ1) is 13.7. The summed E-state index contributed by atoms with van der Waals surface area (Å²) < 4.78 is 17.6. The van der Waals surface area contributed by atoms with Crippen LogP contribution < -0.4 is 14.8 Å². The molecule has 1 amide bonds. The number of nitrogens with one attached hydrogen (secondary N) is 1. The molecule has 0 atom stereocenters. The number of rotatable bonds is 3. The van der Waals surface area contributed by atoms with Crippen LogP contribution in [0.25, 0.3) is 21.5 Å². The average molecular weight is 414 g/mol. The van der Waals surface area contributed by atoms with Crippen molar-refractivity contribution in [2.75, 3.05) is 18.5 Å². The van der Waals surface area contributed by atoms with E-state index in [4.69, 9.17) is 25.5 Å². The summed E-state index contributed by atoms with van der Waals surface area (Å²) in [6.45, 7) is 1.00. The molecule has 0 fully saturated rings. The predicted octanol–water partition coefficient (Wildman–Crippen LogP) is 4.63. The van der Waals surface area contributed by atoms with Crippen LogP contribution in [0.15, 0.2) is 46.9 Å². The number of ether oxygens (including phenoxy) is 2. The number of halogens is 1. The molecule has 0 radical (unpaired) electrons. The van der Waals surface area contributed by atoms with Gasteiger partial charge in [0.25, 0.3) is 5.91 Å². The van der Waals surface area contributed by atoms with Crippen LogP contribution in [0, 0.1) is 0 Å². The standard InChI is InChI=1S/C19H12ClN3O4S/c20-15-11-3-1-2-4-14(11)28-16(15)17(24)21-19-23-22-18(27-19)10-5-6-12-13(9-10)26-8-7-25-12/h1-6,9H,7-8H2,(H,21,23,24). The van der Waals surface area contributed by atoms with Crippen LogP contribution in [0.4, 0.5) is 6.01 Å². The highest BCUT2D eigenvalue weighted by Gasteiger charge is 2.20. The molecule has 4 aromatic rings. The first-order valence-corrected chi connectivity index (χ1v) is 9.60. The van der Waals surface area contributed by atoms with Gasteiger partial charge in [0, 0.05) is 15.6 Å². The Morgan fingerprint density at radius 3 is 2.75 bits per heavy atom. The lowest BCUT2D eigenvalue weighted by Crippen LogP contribution is -2.15. The van der Waals surface area contributed by atoms with Crippen molar-refractivity contribution in [2.45, 2.75) is 0 Å². The number of hydrogen-bond acceptors (Lipinski definition) is 7. The lowest BCUT2D eigenvalue weighted by molar-refractivity contribution is 0.102. The van der Waals surface area contributed by atoms with Gasteiger partial charge in [-0.15, -0.1) is 16.4 Å². The number of fused-ring (bicyclic) bond motifs is 2. The molecule has 1 N–H and O–H groups in total. The maximum absolute atomic E-state index is 12.6. The van der Waals surface area contributed by atoms with E-state index in [-0.39, 0.29) is 11.9 Å². The molecule has 0 spiro atoms. The van der Waals surface area contributed by atoms with E-state index in [2.05, 4.69) is 15.5 Å². The van der Waals surface area contributed by atoms with Crippen molar-refractivity contribution < 1.29 is 18.7 Å². The molecular formula is C19H12ClN3O4S. The van der Waals surface area contributed by atoms with E-state index in [1.54, 1.807) is 18.2 Å². The average Bonchev–Trinajstić information content (AvgIpc) is 3.32. The van der Waals surface area contributed by atoms with Crippen LogP contribution in [0.1, 0.15) is 9.67 Å². The largest absolute Gasteiger partial charge is 0.486 e. The van der Waals surface area contributed by atoms with Crippen molar-refractivity contribution in [2.24, 2.45) is 0 Å². The minimum Gasteiger partial charge on any atom is -0.486 e. The highest BCUT2D eigenvalue weighted by atomic mass is 35.5. The number of thiophene rings is 1. The van der Waals surface area contributed by atoms with Gasteiger partial charge in [-0.3, -0.25) is 10.1 Å². The number of hydrogen-bond donors (Lipinski definition) is 1. The second kappa shape index (κ2) is 6.81. The lowest BCUT2D eigenvalue weighted by atomic mass is 10.2. The molecule has 0 unspecified atom stereocenters. The number of nitrogens with zero attached hydrogens (tertiary/aromatic N) is 2. The van der Waals surface area contributed by atoms with Gasteiger partial charge in [0.05, 0.1) is 5.02 Å². The molecule has 2 aromatic carbocycles. The SMILES string of the molecule is O=C(Nc1nnc(-c2ccc3c(c2)OCCO3)o1)c1sc2ccccc2c1Cl. The summed E-state index contributed by atoms with van der Waals surface area (Å²) in [5.41, 5.74) is 0.664. The molecule has 1 aliphatic heterocycles. The first kappa shape index (κ1) is 17.0. The van der Waals surface area contributed by atoms with Crippen molar-refractivity contribution in [3.05, 3.63) is 52.4 Å². The molecule has 7 nitrogen and oxygen atoms in total. The van der Waals surface area contributed by atoms with Gasteiger partial charge in [0.1, 0.15) is 18.1 Å². The summed E-state index contributed by atoms with van der Waals surface area (Å²) in [5.74, 6) is 1.14. The Labute approximate surface area is 167 Å². The highest BCUT2D eigenvalue weighted by Crippen LogP contribution is 2.36. The zero-order chi connectivity index (χ0) is 19.1. The Morgan fingerprint density at radius 1 is 1.07 bits per heavy atom. The molecule has 140 valence electrons. The van der Waals surface area contributed by atoms with Crippen LogP contribution in [-0.2, 0) is 0 Å². The first-order valence-electron chi connectivity index (χ1n) is 8.41. The summed E-state index contributed by atoms with van der Waals surface area (Å²) in [6, 6.07) is 12.9. The van der Waals surface area contributed by atoms with Crippen LogP contribution in [0.5, 0.6) is 11.5 Å². The molecule has 9 heteroatoms. The second-order valence-corrected chi connectivity index (χ2v) is 7.40. The molecule has 5 rings (SSSR count). The molecule has 0 bridgehead atoms. The van der Waals surface area contributed by atoms with E-state index in [1.165, 1.54) is 11.3 Å². The van der Waals surface area contributed by atoms with Gasteiger partial charge in [-0.05, 0) is 24.3 Å². The van der Waals surface area contributed by atoms with Crippen molar-refractivity contribution in [1.29, 1.82) is 0 Å². The number of amides is 1. The van der Waals surface area contributed by atoms with E-state index in [0.29, 0.717) is 40.2 Å². The van der Waals surface area contributed by atoms with E-state index in [1.807, 2.05) is 24.3 Å². The topological polar surface area (TPSA) is 86.5 Å². The monoisotopic (exact) mass is 413 g/mol. The van der Waals surface area contributed by atoms with Crippen LogP contribution in [0.3, 0.4) is 0 Å². The van der Waals surface area contributed by atoms with Gasteiger partial charge in [-0.2, -0.15) is 0 Å². The van der Waals surface area contributed by atoms with E-state index in [9.17, 15) is 4.79 Å². The molecule has 0 saturated heterocycles. The van der Waals surface area contributed by atoms with Gasteiger partial charge < -0.3 is 13.9 Å². The number of carbonyl (C=O) groups is 1. The minimum atomic E-state index is -0.399. The molecule has 0 aliphatic carbocycles. The fourth-order valence-electron chi connectivity index (χ4n) is 2.88. The van der Waals surface area contributed by atoms with E-state index >= 15 is 0 Å². The quantitative estimate of drug-likeness (QED) is 0.527.